The highest BCUT2D eigenvalue weighted by atomic mass is 32.1. The monoisotopic (exact) mass is 224 g/mol. The Morgan fingerprint density at radius 3 is 3.00 bits per heavy atom. The summed E-state index contributed by atoms with van der Waals surface area (Å²) in [7, 11) is 0. The van der Waals surface area contributed by atoms with Gasteiger partial charge in [-0.1, -0.05) is 0 Å². The van der Waals surface area contributed by atoms with Crippen molar-refractivity contribution in [3.63, 3.8) is 0 Å². The average molecular weight is 224 g/mol. The number of hydrogen-bond acceptors (Lipinski definition) is 2. The highest BCUT2D eigenvalue weighted by Gasteiger charge is 2.18. The molecule has 0 spiro atoms. The molecule has 0 atom stereocenters. The van der Waals surface area contributed by atoms with Gasteiger partial charge in [-0.15, -0.1) is 0 Å². The van der Waals surface area contributed by atoms with Gasteiger partial charge in [0.25, 0.3) is 0 Å². The smallest absolute Gasteiger partial charge is 0.315 e. The maximum Gasteiger partial charge on any atom is 0.315 e. The van der Waals surface area contributed by atoms with Gasteiger partial charge in [0.1, 0.15) is 0 Å². The van der Waals surface area contributed by atoms with Crippen LogP contribution in [0.5, 0.6) is 0 Å². The van der Waals surface area contributed by atoms with E-state index in [4.69, 9.17) is 0 Å². The third kappa shape index (κ3) is 3.23. The standard InChI is InChI=1S/C11H16N2OS/c14-11(13-10-2-1-3-10)12-6-4-9-5-7-15-8-9/h5,7-8,10H,1-4,6H2,(H2,12,13,14). The lowest BCUT2D eigenvalue weighted by Crippen LogP contribution is -2.45. The summed E-state index contributed by atoms with van der Waals surface area (Å²) in [5.41, 5.74) is 1.30. The fraction of sp³-hybridized carbons (Fsp3) is 0.545. The fourth-order valence-electron chi connectivity index (χ4n) is 1.54. The Balaban J connectivity index is 1.58. The Bertz CT molecular complexity index is 306. The molecule has 0 aromatic carbocycles. The Hall–Kier alpha value is -1.03. The van der Waals surface area contributed by atoms with E-state index in [0.29, 0.717) is 6.04 Å². The van der Waals surface area contributed by atoms with Gasteiger partial charge in [0.05, 0.1) is 0 Å². The molecule has 0 bridgehead atoms. The molecule has 1 aromatic rings. The average Bonchev–Trinajstić information content (AvgIpc) is 2.64. The first kappa shape index (κ1) is 10.5. The molecule has 1 fully saturated rings. The first-order valence-electron chi connectivity index (χ1n) is 5.40. The third-order valence-corrected chi connectivity index (χ3v) is 3.45. The summed E-state index contributed by atoms with van der Waals surface area (Å²) in [6, 6.07) is 2.50. The van der Waals surface area contributed by atoms with E-state index in [-0.39, 0.29) is 6.03 Å². The van der Waals surface area contributed by atoms with Crippen LogP contribution in [0.4, 0.5) is 4.79 Å². The molecule has 1 saturated carbocycles. The second kappa shape index (κ2) is 5.16. The van der Waals surface area contributed by atoms with Crippen LogP contribution < -0.4 is 10.6 Å². The highest BCUT2D eigenvalue weighted by Crippen LogP contribution is 2.17. The van der Waals surface area contributed by atoms with Gasteiger partial charge in [-0.05, 0) is 48.1 Å². The molecule has 0 saturated heterocycles. The minimum absolute atomic E-state index is 0.0186. The van der Waals surface area contributed by atoms with Gasteiger partial charge in [0.15, 0.2) is 0 Å². The zero-order chi connectivity index (χ0) is 10.5. The maximum atomic E-state index is 11.4. The molecule has 1 aliphatic rings. The van der Waals surface area contributed by atoms with Gasteiger partial charge >= 0.3 is 6.03 Å². The normalized spacial score (nSPS) is 15.7. The van der Waals surface area contributed by atoms with Crippen LogP contribution in [0.3, 0.4) is 0 Å². The number of carbonyl (C=O) groups excluding carboxylic acids is 1. The van der Waals surface area contributed by atoms with Crippen LogP contribution in [0.2, 0.25) is 0 Å². The van der Waals surface area contributed by atoms with Crippen molar-refractivity contribution in [2.45, 2.75) is 31.7 Å². The van der Waals surface area contributed by atoms with Crippen LogP contribution in [-0.2, 0) is 6.42 Å². The number of thiophene rings is 1. The van der Waals surface area contributed by atoms with E-state index < -0.39 is 0 Å². The molecule has 82 valence electrons. The number of amides is 2. The summed E-state index contributed by atoms with van der Waals surface area (Å²) in [6.07, 6.45) is 4.44. The molecule has 1 heterocycles. The Labute approximate surface area is 93.9 Å². The Morgan fingerprint density at radius 2 is 2.40 bits per heavy atom. The molecular formula is C11H16N2OS. The summed E-state index contributed by atoms with van der Waals surface area (Å²) in [4.78, 5) is 11.4. The number of hydrogen-bond donors (Lipinski definition) is 2. The Morgan fingerprint density at radius 1 is 1.53 bits per heavy atom. The lowest BCUT2D eigenvalue weighted by atomic mass is 9.93. The van der Waals surface area contributed by atoms with Crippen molar-refractivity contribution in [2.75, 3.05) is 6.54 Å². The van der Waals surface area contributed by atoms with Crippen molar-refractivity contribution in [1.29, 1.82) is 0 Å². The van der Waals surface area contributed by atoms with Gasteiger partial charge in [-0.25, -0.2) is 4.79 Å². The van der Waals surface area contributed by atoms with E-state index in [9.17, 15) is 4.79 Å². The SMILES string of the molecule is O=C(NCCc1ccsc1)NC1CCC1. The van der Waals surface area contributed by atoms with Crippen molar-refractivity contribution >= 4 is 17.4 Å². The van der Waals surface area contributed by atoms with Gasteiger partial charge in [0.2, 0.25) is 0 Å². The molecule has 15 heavy (non-hydrogen) atoms. The topological polar surface area (TPSA) is 41.1 Å². The van der Waals surface area contributed by atoms with E-state index in [2.05, 4.69) is 27.5 Å². The molecule has 2 N–H and O–H groups in total. The highest BCUT2D eigenvalue weighted by molar-refractivity contribution is 7.07. The van der Waals surface area contributed by atoms with E-state index in [0.717, 1.165) is 25.8 Å². The van der Waals surface area contributed by atoms with E-state index in [1.165, 1.54) is 12.0 Å². The third-order valence-electron chi connectivity index (χ3n) is 2.72. The molecule has 0 aliphatic heterocycles. The Kier molecular flexibility index (Phi) is 3.61. The van der Waals surface area contributed by atoms with E-state index in [1.54, 1.807) is 11.3 Å². The van der Waals surface area contributed by atoms with Gasteiger partial charge in [0, 0.05) is 12.6 Å². The summed E-state index contributed by atoms with van der Waals surface area (Å²) in [5.74, 6) is 0. The molecular weight excluding hydrogens is 208 g/mol. The number of carbonyl (C=O) groups is 1. The van der Waals surface area contributed by atoms with Crippen molar-refractivity contribution in [1.82, 2.24) is 10.6 Å². The van der Waals surface area contributed by atoms with E-state index >= 15 is 0 Å². The van der Waals surface area contributed by atoms with Crippen LogP contribution in [0.1, 0.15) is 24.8 Å². The summed E-state index contributed by atoms with van der Waals surface area (Å²) < 4.78 is 0. The lowest BCUT2D eigenvalue weighted by molar-refractivity contribution is 0.228. The van der Waals surface area contributed by atoms with Crippen LogP contribution >= 0.6 is 11.3 Å². The molecule has 2 amide bonds. The number of urea groups is 1. The maximum absolute atomic E-state index is 11.4. The van der Waals surface area contributed by atoms with Crippen molar-refractivity contribution in [2.24, 2.45) is 0 Å². The molecule has 0 unspecified atom stereocenters. The number of nitrogens with one attached hydrogen (secondary N) is 2. The molecule has 0 radical (unpaired) electrons. The second-order valence-electron chi connectivity index (χ2n) is 3.91. The lowest BCUT2D eigenvalue weighted by Gasteiger charge is -2.26. The first-order valence-corrected chi connectivity index (χ1v) is 6.34. The van der Waals surface area contributed by atoms with Gasteiger partial charge < -0.3 is 10.6 Å². The van der Waals surface area contributed by atoms with Crippen molar-refractivity contribution < 1.29 is 4.79 Å². The van der Waals surface area contributed by atoms with Crippen molar-refractivity contribution in [3.05, 3.63) is 22.4 Å². The zero-order valence-corrected chi connectivity index (χ0v) is 9.48. The first-order chi connectivity index (χ1) is 7.34. The molecule has 1 aromatic heterocycles. The molecule has 4 heteroatoms. The zero-order valence-electron chi connectivity index (χ0n) is 8.66. The molecule has 3 nitrogen and oxygen atoms in total. The molecule has 2 rings (SSSR count). The van der Waals surface area contributed by atoms with E-state index in [1.807, 2.05) is 0 Å². The quantitative estimate of drug-likeness (QED) is 0.808. The largest absolute Gasteiger partial charge is 0.338 e. The predicted molar refractivity (Wildman–Crippen MR) is 62.2 cm³/mol. The van der Waals surface area contributed by atoms with Crippen LogP contribution in [-0.4, -0.2) is 18.6 Å². The predicted octanol–water partition coefficient (Wildman–Crippen LogP) is 2.14. The molecule has 1 aliphatic carbocycles. The van der Waals surface area contributed by atoms with Crippen LogP contribution in [0.15, 0.2) is 16.8 Å². The van der Waals surface area contributed by atoms with Crippen molar-refractivity contribution in [3.8, 4) is 0 Å². The van der Waals surface area contributed by atoms with Gasteiger partial charge in [-0.3, -0.25) is 0 Å². The van der Waals surface area contributed by atoms with Crippen LogP contribution in [0.25, 0.3) is 0 Å². The summed E-state index contributed by atoms with van der Waals surface area (Å²) in [5, 5.41) is 10.00. The fourth-order valence-corrected chi connectivity index (χ4v) is 2.25. The number of rotatable bonds is 4. The van der Waals surface area contributed by atoms with Gasteiger partial charge in [-0.2, -0.15) is 11.3 Å². The van der Waals surface area contributed by atoms with Crippen LogP contribution in [0, 0.1) is 0 Å². The summed E-state index contributed by atoms with van der Waals surface area (Å²) >= 11 is 1.69. The summed E-state index contributed by atoms with van der Waals surface area (Å²) in [6.45, 7) is 0.718. The minimum Gasteiger partial charge on any atom is -0.338 e. The second-order valence-corrected chi connectivity index (χ2v) is 4.69. The minimum atomic E-state index is -0.0186.